The molecule has 1 aliphatic heterocycles. The number of hydrogen-bond acceptors (Lipinski definition) is 6. The van der Waals surface area contributed by atoms with Crippen molar-refractivity contribution in [2.75, 3.05) is 33.4 Å². The highest BCUT2D eigenvalue weighted by atomic mass is 16.6. The number of hydrogen-bond donors (Lipinski definition) is 2. The van der Waals surface area contributed by atoms with Crippen LogP contribution in [0.2, 0.25) is 0 Å². The fourth-order valence-corrected chi connectivity index (χ4v) is 3.65. The third-order valence-electron chi connectivity index (χ3n) is 5.41. The molecule has 0 bridgehead atoms. The van der Waals surface area contributed by atoms with Crippen molar-refractivity contribution in [3.63, 3.8) is 0 Å². The van der Waals surface area contributed by atoms with Gasteiger partial charge >= 0.3 is 5.70 Å². The van der Waals surface area contributed by atoms with E-state index in [0.29, 0.717) is 25.5 Å². The van der Waals surface area contributed by atoms with Gasteiger partial charge in [0.25, 0.3) is 0 Å². The van der Waals surface area contributed by atoms with Gasteiger partial charge < -0.3 is 15.4 Å². The van der Waals surface area contributed by atoms with Crippen LogP contribution in [0.25, 0.3) is 0 Å². The largest absolute Gasteiger partial charge is 0.388 e. The van der Waals surface area contributed by atoms with Gasteiger partial charge in [-0.05, 0) is 49.6 Å². The number of likely N-dealkylation sites (tertiary alicyclic amines) is 1. The highest BCUT2D eigenvalue weighted by Crippen LogP contribution is 2.14. The molecule has 2 N–H and O–H groups in total. The molecule has 0 atom stereocenters. The van der Waals surface area contributed by atoms with Crippen molar-refractivity contribution in [3.05, 3.63) is 69.2 Å². The minimum atomic E-state index is -0.379. The predicted octanol–water partition coefficient (Wildman–Crippen LogP) is 4.19. The van der Waals surface area contributed by atoms with E-state index >= 15 is 0 Å². The normalized spacial score (nSPS) is 15.3. The maximum absolute atomic E-state index is 11.5. The zero-order valence-electron chi connectivity index (χ0n) is 19.1. The summed E-state index contributed by atoms with van der Waals surface area (Å²) >= 11 is 0. The van der Waals surface area contributed by atoms with Gasteiger partial charge in [0, 0.05) is 26.7 Å². The van der Waals surface area contributed by atoms with Crippen LogP contribution in [0.5, 0.6) is 0 Å². The summed E-state index contributed by atoms with van der Waals surface area (Å²) < 4.78 is 5.66. The molecule has 0 aliphatic carbocycles. The lowest BCUT2D eigenvalue weighted by molar-refractivity contribution is -0.421. The van der Waals surface area contributed by atoms with Crippen LogP contribution in [0, 0.1) is 10.1 Å². The third-order valence-corrected chi connectivity index (χ3v) is 5.41. The molecule has 0 amide bonds. The SMILES string of the molecule is CCCCCCOC/C=C(NCc1ccc(CN2CCCC2)cc1)\C(=C/NC)[N+](=O)[O-]. The van der Waals surface area contributed by atoms with Crippen LogP contribution < -0.4 is 10.6 Å². The highest BCUT2D eigenvalue weighted by Gasteiger charge is 2.17. The molecular formula is C24H38N4O3. The second-order valence-electron chi connectivity index (χ2n) is 7.98. The molecular weight excluding hydrogens is 392 g/mol. The van der Waals surface area contributed by atoms with Crippen LogP contribution in [0.4, 0.5) is 0 Å². The van der Waals surface area contributed by atoms with Crippen LogP contribution in [0.3, 0.4) is 0 Å². The van der Waals surface area contributed by atoms with Gasteiger partial charge in [0.05, 0.1) is 17.7 Å². The predicted molar refractivity (Wildman–Crippen MR) is 125 cm³/mol. The van der Waals surface area contributed by atoms with Crippen LogP contribution >= 0.6 is 0 Å². The summed E-state index contributed by atoms with van der Waals surface area (Å²) in [6.45, 7) is 7.06. The van der Waals surface area contributed by atoms with E-state index in [0.717, 1.165) is 24.9 Å². The van der Waals surface area contributed by atoms with E-state index in [1.54, 1.807) is 13.1 Å². The number of nitrogens with zero attached hydrogens (tertiary/aromatic N) is 2. The molecule has 1 aromatic rings. The van der Waals surface area contributed by atoms with Crippen molar-refractivity contribution in [3.8, 4) is 0 Å². The van der Waals surface area contributed by atoms with Gasteiger partial charge in [-0.2, -0.15) is 0 Å². The molecule has 0 unspecified atom stereocenters. The fourth-order valence-electron chi connectivity index (χ4n) is 3.65. The Morgan fingerprint density at radius 2 is 1.87 bits per heavy atom. The van der Waals surface area contributed by atoms with E-state index in [1.165, 1.54) is 50.5 Å². The first-order chi connectivity index (χ1) is 15.1. The summed E-state index contributed by atoms with van der Waals surface area (Å²) in [6.07, 6.45) is 10.3. The molecule has 7 nitrogen and oxygen atoms in total. The maximum Gasteiger partial charge on any atom is 0.307 e. The maximum atomic E-state index is 11.5. The van der Waals surface area contributed by atoms with Crippen molar-refractivity contribution in [1.82, 2.24) is 15.5 Å². The van der Waals surface area contributed by atoms with Gasteiger partial charge in [-0.15, -0.1) is 0 Å². The zero-order valence-corrected chi connectivity index (χ0v) is 19.1. The molecule has 0 radical (unpaired) electrons. The molecule has 1 fully saturated rings. The molecule has 31 heavy (non-hydrogen) atoms. The number of nitrogens with one attached hydrogen (secondary N) is 2. The number of benzene rings is 1. The molecule has 0 aromatic heterocycles. The molecule has 2 rings (SSSR count). The van der Waals surface area contributed by atoms with E-state index in [-0.39, 0.29) is 10.6 Å². The summed E-state index contributed by atoms with van der Waals surface area (Å²) in [5.74, 6) is 0. The molecule has 7 heteroatoms. The number of unbranched alkanes of at least 4 members (excludes halogenated alkanes) is 3. The van der Waals surface area contributed by atoms with Gasteiger partial charge in [-0.1, -0.05) is 50.5 Å². The summed E-state index contributed by atoms with van der Waals surface area (Å²) in [5, 5.41) is 17.5. The highest BCUT2D eigenvalue weighted by molar-refractivity contribution is 5.26. The Kier molecular flexibility index (Phi) is 11.7. The Balaban J connectivity index is 1.92. The molecule has 1 aromatic carbocycles. The van der Waals surface area contributed by atoms with Crippen LogP contribution in [-0.2, 0) is 17.8 Å². The lowest BCUT2D eigenvalue weighted by Gasteiger charge is -2.15. The topological polar surface area (TPSA) is 79.7 Å². The van der Waals surface area contributed by atoms with E-state index in [2.05, 4.69) is 46.7 Å². The van der Waals surface area contributed by atoms with Crippen molar-refractivity contribution >= 4 is 0 Å². The summed E-state index contributed by atoms with van der Waals surface area (Å²) in [6, 6.07) is 8.48. The van der Waals surface area contributed by atoms with Gasteiger partial charge in [-0.3, -0.25) is 15.0 Å². The monoisotopic (exact) mass is 430 g/mol. The Hall–Kier alpha value is -2.38. The second kappa shape index (κ2) is 14.6. The van der Waals surface area contributed by atoms with E-state index in [4.69, 9.17) is 4.74 Å². The smallest absolute Gasteiger partial charge is 0.307 e. The molecule has 172 valence electrons. The Morgan fingerprint density at radius 1 is 1.16 bits per heavy atom. The van der Waals surface area contributed by atoms with Gasteiger partial charge in [-0.25, -0.2) is 0 Å². The van der Waals surface area contributed by atoms with Gasteiger partial charge in [0.15, 0.2) is 0 Å². The standard InChI is InChI=1S/C24H38N4O3/c1-3-4-5-8-16-31-17-13-23(24(19-25-2)28(29)30)26-18-21-9-11-22(12-10-21)20-27-14-6-7-15-27/h9-13,19,25-26H,3-8,14-18,20H2,1-2H3/b23-13+,24-19+. The Bertz CT molecular complexity index is 710. The summed E-state index contributed by atoms with van der Waals surface area (Å²) in [5.41, 5.74) is 2.86. The Morgan fingerprint density at radius 3 is 2.52 bits per heavy atom. The van der Waals surface area contributed by atoms with Crippen LogP contribution in [0.15, 0.2) is 47.9 Å². The van der Waals surface area contributed by atoms with Crippen molar-refractivity contribution in [2.24, 2.45) is 0 Å². The first kappa shape index (κ1) is 24.9. The number of nitro groups is 1. The van der Waals surface area contributed by atoms with Crippen molar-refractivity contribution in [2.45, 2.75) is 58.5 Å². The van der Waals surface area contributed by atoms with Crippen LogP contribution in [0.1, 0.15) is 56.6 Å². The quantitative estimate of drug-likeness (QED) is 0.188. The molecule has 1 saturated heterocycles. The van der Waals surface area contributed by atoms with Crippen molar-refractivity contribution in [1.29, 1.82) is 0 Å². The Labute approximate surface area is 186 Å². The number of ether oxygens (including phenoxy) is 1. The lowest BCUT2D eigenvalue weighted by atomic mass is 10.1. The molecule has 1 aliphatic rings. The van der Waals surface area contributed by atoms with Crippen molar-refractivity contribution < 1.29 is 9.66 Å². The zero-order chi connectivity index (χ0) is 22.3. The first-order valence-electron chi connectivity index (χ1n) is 11.5. The van der Waals surface area contributed by atoms with Gasteiger partial charge in [0.1, 0.15) is 5.70 Å². The van der Waals surface area contributed by atoms with Gasteiger partial charge in [0.2, 0.25) is 0 Å². The van der Waals surface area contributed by atoms with E-state index in [1.807, 2.05) is 0 Å². The first-order valence-corrected chi connectivity index (χ1v) is 11.5. The molecule has 0 spiro atoms. The second-order valence-corrected chi connectivity index (χ2v) is 7.98. The summed E-state index contributed by atoms with van der Waals surface area (Å²) in [7, 11) is 1.66. The number of rotatable bonds is 15. The average molecular weight is 431 g/mol. The molecule has 0 saturated carbocycles. The van der Waals surface area contributed by atoms with Crippen LogP contribution in [-0.4, -0.2) is 43.2 Å². The minimum Gasteiger partial charge on any atom is -0.388 e. The summed E-state index contributed by atoms with van der Waals surface area (Å²) in [4.78, 5) is 13.6. The average Bonchev–Trinajstić information content (AvgIpc) is 3.28. The van der Waals surface area contributed by atoms with E-state index < -0.39 is 0 Å². The fraction of sp³-hybridized carbons (Fsp3) is 0.583. The third kappa shape index (κ3) is 9.53. The molecule has 1 heterocycles. The van der Waals surface area contributed by atoms with E-state index in [9.17, 15) is 10.1 Å². The lowest BCUT2D eigenvalue weighted by Crippen LogP contribution is -2.21. The minimum absolute atomic E-state index is 0.00253.